The molecule has 0 bridgehead atoms. The van der Waals surface area contributed by atoms with E-state index in [1.807, 2.05) is 25.1 Å². The highest BCUT2D eigenvalue weighted by atomic mass is 19.1. The Labute approximate surface area is 174 Å². The summed E-state index contributed by atoms with van der Waals surface area (Å²) in [5.74, 6) is -0.967. The van der Waals surface area contributed by atoms with Crippen LogP contribution in [0.1, 0.15) is 40.7 Å². The summed E-state index contributed by atoms with van der Waals surface area (Å²) in [6, 6.07) is 11.5. The summed E-state index contributed by atoms with van der Waals surface area (Å²) in [5, 5.41) is 6.91. The molecule has 1 unspecified atom stereocenters. The molecule has 7 heteroatoms. The van der Waals surface area contributed by atoms with Gasteiger partial charge < -0.3 is 10.2 Å². The van der Waals surface area contributed by atoms with Gasteiger partial charge in [-0.2, -0.15) is 5.10 Å². The third-order valence-electron chi connectivity index (χ3n) is 5.42. The number of fused-ring (bicyclic) bond motifs is 1. The quantitative estimate of drug-likeness (QED) is 0.715. The fraction of sp³-hybridized carbons (Fsp3) is 0.261. The van der Waals surface area contributed by atoms with E-state index < -0.39 is 0 Å². The molecular weight excluding hydrogens is 383 g/mol. The van der Waals surface area contributed by atoms with Gasteiger partial charge in [0.1, 0.15) is 5.82 Å². The number of hydrogen-bond donors (Lipinski definition) is 1. The Morgan fingerprint density at radius 1 is 1.17 bits per heavy atom. The van der Waals surface area contributed by atoms with E-state index in [0.29, 0.717) is 17.8 Å². The third-order valence-corrected chi connectivity index (χ3v) is 5.42. The van der Waals surface area contributed by atoms with E-state index in [2.05, 4.69) is 10.4 Å². The smallest absolute Gasteiger partial charge is 0.261 e. The van der Waals surface area contributed by atoms with E-state index >= 15 is 0 Å². The summed E-state index contributed by atoms with van der Waals surface area (Å²) in [7, 11) is 1.78. The Balaban J connectivity index is 1.53. The highest BCUT2D eigenvalue weighted by molar-refractivity contribution is 6.06. The number of halogens is 1. The van der Waals surface area contributed by atoms with Crippen LogP contribution in [0.25, 0.3) is 0 Å². The number of hydrogen-bond acceptors (Lipinski definition) is 3. The molecule has 0 fully saturated rings. The average Bonchev–Trinajstić information content (AvgIpc) is 3.19. The molecule has 1 aliphatic rings. The molecule has 1 atom stereocenters. The summed E-state index contributed by atoms with van der Waals surface area (Å²) in [6.45, 7) is 2.49. The number of anilines is 2. The molecule has 6 nitrogen and oxygen atoms in total. The lowest BCUT2D eigenvalue weighted by Crippen LogP contribution is -2.35. The van der Waals surface area contributed by atoms with Crippen molar-refractivity contribution in [3.05, 3.63) is 77.4 Å². The van der Waals surface area contributed by atoms with E-state index in [0.717, 1.165) is 29.7 Å². The second-order valence-corrected chi connectivity index (χ2v) is 7.57. The Hall–Kier alpha value is -3.48. The molecule has 2 heterocycles. The van der Waals surface area contributed by atoms with Crippen LogP contribution in [0, 0.1) is 5.82 Å². The van der Waals surface area contributed by atoms with Crippen LogP contribution in [0.3, 0.4) is 0 Å². The molecule has 2 amide bonds. The predicted octanol–water partition coefficient (Wildman–Crippen LogP) is 3.89. The molecular formula is C23H23FN4O2. The van der Waals surface area contributed by atoms with Gasteiger partial charge in [0.05, 0.1) is 17.7 Å². The van der Waals surface area contributed by atoms with Gasteiger partial charge in [0, 0.05) is 31.2 Å². The fourth-order valence-electron chi connectivity index (χ4n) is 3.72. The van der Waals surface area contributed by atoms with Crippen LogP contribution in [-0.2, 0) is 18.3 Å². The number of nitrogens with zero attached hydrogens (tertiary/aromatic N) is 3. The summed E-state index contributed by atoms with van der Waals surface area (Å²) < 4.78 is 14.7. The number of aromatic nitrogens is 2. The lowest BCUT2D eigenvalue weighted by atomic mass is 9.93. The van der Waals surface area contributed by atoms with Gasteiger partial charge in [0.15, 0.2) is 0 Å². The predicted molar refractivity (Wildman–Crippen MR) is 113 cm³/mol. The fourth-order valence-corrected chi connectivity index (χ4v) is 3.72. The van der Waals surface area contributed by atoms with Crippen LogP contribution >= 0.6 is 0 Å². The molecule has 4 rings (SSSR count). The first kappa shape index (κ1) is 19.8. The second-order valence-electron chi connectivity index (χ2n) is 7.57. The van der Waals surface area contributed by atoms with Crippen molar-refractivity contribution >= 4 is 23.2 Å². The summed E-state index contributed by atoms with van der Waals surface area (Å²) in [5.41, 5.74) is 3.92. The van der Waals surface area contributed by atoms with Gasteiger partial charge in [-0.25, -0.2) is 4.39 Å². The largest absolute Gasteiger partial charge is 0.326 e. The monoisotopic (exact) mass is 406 g/mol. The van der Waals surface area contributed by atoms with Crippen LogP contribution in [0.4, 0.5) is 15.8 Å². The first-order valence-corrected chi connectivity index (χ1v) is 9.92. The Bertz CT molecular complexity index is 1090. The van der Waals surface area contributed by atoms with Crippen molar-refractivity contribution in [1.29, 1.82) is 0 Å². The third kappa shape index (κ3) is 3.96. The molecule has 0 aliphatic carbocycles. The Kier molecular flexibility index (Phi) is 5.35. The van der Waals surface area contributed by atoms with Crippen molar-refractivity contribution in [3.8, 4) is 0 Å². The number of amides is 2. The maximum Gasteiger partial charge on any atom is 0.261 e. The van der Waals surface area contributed by atoms with Crippen LogP contribution in [0.2, 0.25) is 0 Å². The molecule has 0 spiro atoms. The van der Waals surface area contributed by atoms with Gasteiger partial charge in [0.25, 0.3) is 5.91 Å². The lowest BCUT2D eigenvalue weighted by Gasteiger charge is -2.30. The highest BCUT2D eigenvalue weighted by Crippen LogP contribution is 2.31. The summed E-state index contributed by atoms with van der Waals surface area (Å²) in [4.78, 5) is 27.3. The number of rotatable bonds is 4. The van der Waals surface area contributed by atoms with Crippen LogP contribution in [-0.4, -0.2) is 28.1 Å². The molecule has 3 aromatic rings. The highest BCUT2D eigenvalue weighted by Gasteiger charge is 2.26. The number of aryl methyl sites for hydroxylation is 2. The van der Waals surface area contributed by atoms with Crippen molar-refractivity contribution in [2.45, 2.75) is 25.7 Å². The zero-order valence-electron chi connectivity index (χ0n) is 16.9. The first-order chi connectivity index (χ1) is 14.4. The van der Waals surface area contributed by atoms with Gasteiger partial charge in [0.2, 0.25) is 5.91 Å². The maximum atomic E-state index is 13.1. The van der Waals surface area contributed by atoms with Crippen LogP contribution in [0.15, 0.2) is 54.9 Å². The van der Waals surface area contributed by atoms with Crippen molar-refractivity contribution in [1.82, 2.24) is 9.78 Å². The van der Waals surface area contributed by atoms with Gasteiger partial charge in [-0.15, -0.1) is 0 Å². The van der Waals surface area contributed by atoms with Crippen molar-refractivity contribution < 1.29 is 14.0 Å². The molecule has 1 aromatic heterocycles. The second kappa shape index (κ2) is 8.10. The van der Waals surface area contributed by atoms with E-state index in [1.165, 1.54) is 24.3 Å². The number of carbonyl (C=O) groups is 2. The van der Waals surface area contributed by atoms with Crippen LogP contribution < -0.4 is 10.2 Å². The molecule has 30 heavy (non-hydrogen) atoms. The lowest BCUT2D eigenvalue weighted by molar-refractivity contribution is -0.117. The molecule has 0 saturated heterocycles. The minimum absolute atomic E-state index is 0.0705. The zero-order chi connectivity index (χ0) is 21.3. The Morgan fingerprint density at radius 3 is 2.63 bits per heavy atom. The first-order valence-electron chi connectivity index (χ1n) is 9.92. The van der Waals surface area contributed by atoms with E-state index in [9.17, 15) is 14.0 Å². The van der Waals surface area contributed by atoms with Gasteiger partial charge in [-0.1, -0.05) is 12.1 Å². The van der Waals surface area contributed by atoms with E-state index in [1.54, 1.807) is 29.0 Å². The van der Waals surface area contributed by atoms with Crippen molar-refractivity contribution in [2.24, 2.45) is 7.05 Å². The molecule has 1 N–H and O–H groups in total. The van der Waals surface area contributed by atoms with Crippen molar-refractivity contribution in [3.63, 3.8) is 0 Å². The topological polar surface area (TPSA) is 67.2 Å². The Morgan fingerprint density at radius 2 is 1.93 bits per heavy atom. The van der Waals surface area contributed by atoms with Crippen LogP contribution in [0.5, 0.6) is 0 Å². The normalized spacial score (nSPS) is 14.2. The minimum atomic E-state index is -0.384. The van der Waals surface area contributed by atoms with Gasteiger partial charge in [-0.3, -0.25) is 14.3 Å². The van der Waals surface area contributed by atoms with Gasteiger partial charge in [-0.05, 0) is 61.2 Å². The molecule has 0 radical (unpaired) electrons. The van der Waals surface area contributed by atoms with Gasteiger partial charge >= 0.3 is 0 Å². The molecule has 1 aliphatic heterocycles. The SMILES string of the molecule is CC(C(=O)Nc1ccc(F)cc1)c1ccc2c(c1)CCCN2C(=O)c1cnn(C)c1. The zero-order valence-corrected chi connectivity index (χ0v) is 16.9. The number of nitrogens with one attached hydrogen (secondary N) is 1. The number of benzene rings is 2. The molecule has 154 valence electrons. The summed E-state index contributed by atoms with van der Waals surface area (Å²) >= 11 is 0. The summed E-state index contributed by atoms with van der Waals surface area (Å²) in [6.07, 6.45) is 5.00. The molecule has 0 saturated carbocycles. The van der Waals surface area contributed by atoms with Crippen molar-refractivity contribution in [2.75, 3.05) is 16.8 Å². The standard InChI is InChI=1S/C23H23FN4O2/c1-15(22(29)26-20-8-6-19(24)7-9-20)16-5-10-21-17(12-16)4-3-11-28(21)23(30)18-13-25-27(2)14-18/h5-10,12-15H,3-4,11H2,1-2H3,(H,26,29). The maximum absolute atomic E-state index is 13.1. The number of carbonyl (C=O) groups excluding carboxylic acids is 2. The average molecular weight is 406 g/mol. The minimum Gasteiger partial charge on any atom is -0.326 e. The molecule has 2 aromatic carbocycles. The van der Waals surface area contributed by atoms with E-state index in [-0.39, 0.29) is 23.5 Å². The van der Waals surface area contributed by atoms with E-state index in [4.69, 9.17) is 0 Å².